The van der Waals surface area contributed by atoms with E-state index in [-0.39, 0.29) is 5.56 Å². The van der Waals surface area contributed by atoms with Crippen molar-refractivity contribution in [3.05, 3.63) is 53.1 Å². The van der Waals surface area contributed by atoms with Crippen LogP contribution in [0.3, 0.4) is 0 Å². The number of aromatic nitrogens is 1. The van der Waals surface area contributed by atoms with Gasteiger partial charge in [0.05, 0.1) is 16.8 Å². The van der Waals surface area contributed by atoms with Crippen LogP contribution < -0.4 is 5.73 Å². The molecule has 0 aliphatic heterocycles. The van der Waals surface area contributed by atoms with Gasteiger partial charge in [0.1, 0.15) is 5.82 Å². The van der Waals surface area contributed by atoms with E-state index in [1.165, 1.54) is 18.3 Å². The second-order valence-electron chi connectivity index (χ2n) is 3.55. The van der Waals surface area contributed by atoms with Crippen LogP contribution in [0.2, 0.25) is 0 Å². The topological polar surface area (TPSA) is 58.9 Å². The van der Waals surface area contributed by atoms with Gasteiger partial charge in [0.2, 0.25) is 0 Å². The zero-order chi connectivity index (χ0) is 11.7. The maximum atomic E-state index is 13.4. The lowest BCUT2D eigenvalue weighted by molar-refractivity contribution is 0.103. The van der Waals surface area contributed by atoms with Gasteiger partial charge in [-0.1, -0.05) is 12.1 Å². The summed E-state index contributed by atoms with van der Waals surface area (Å²) in [6, 6.07) is 5.86. The fourth-order valence-corrected chi connectivity index (χ4v) is 1.63. The molecule has 0 fully saturated rings. The van der Waals surface area contributed by atoms with Crippen molar-refractivity contribution in [1.29, 1.82) is 0 Å². The number of carbonyl (C=O) groups is 1. The van der Waals surface area contributed by atoms with Gasteiger partial charge in [0, 0.05) is 11.9 Å². The number of carbonyl (C=O) groups excluding carboxylic acids is 1. The zero-order valence-electron chi connectivity index (χ0n) is 8.75. The highest BCUT2D eigenvalue weighted by molar-refractivity contribution is 6.13. The smallest absolute Gasteiger partial charge is 0.199 e. The number of nitrogen functional groups attached to an aromatic ring is 1. The summed E-state index contributed by atoms with van der Waals surface area (Å²) in [5.74, 6) is -0.929. The number of hydrogen-bond donors (Lipinski definition) is 2. The van der Waals surface area contributed by atoms with E-state index < -0.39 is 11.6 Å². The minimum Gasteiger partial charge on any atom is -0.397 e. The Balaban J connectivity index is 2.52. The van der Waals surface area contributed by atoms with Crippen LogP contribution in [0, 0.1) is 12.7 Å². The lowest BCUT2D eigenvalue weighted by Gasteiger charge is -2.03. The number of hydrogen-bond acceptors (Lipinski definition) is 2. The summed E-state index contributed by atoms with van der Waals surface area (Å²) in [6.07, 6.45) is 1.53. The molecular formula is C12H11FN2O. The van der Waals surface area contributed by atoms with Crippen molar-refractivity contribution >= 4 is 11.5 Å². The average molecular weight is 218 g/mol. The predicted octanol–water partition coefficient (Wildman–Crippen LogP) is 2.28. The molecule has 0 aliphatic rings. The molecule has 0 atom stereocenters. The second kappa shape index (κ2) is 3.81. The summed E-state index contributed by atoms with van der Waals surface area (Å²) in [5.41, 5.74) is 7.01. The minimum atomic E-state index is -0.535. The highest BCUT2D eigenvalue weighted by Crippen LogP contribution is 2.21. The van der Waals surface area contributed by atoms with Gasteiger partial charge in [0.15, 0.2) is 5.78 Å². The van der Waals surface area contributed by atoms with E-state index in [1.807, 2.05) is 0 Å². The third-order valence-corrected chi connectivity index (χ3v) is 2.45. The van der Waals surface area contributed by atoms with Gasteiger partial charge in [0.25, 0.3) is 0 Å². The third kappa shape index (κ3) is 1.58. The highest BCUT2D eigenvalue weighted by Gasteiger charge is 2.18. The lowest BCUT2D eigenvalue weighted by Crippen LogP contribution is -2.07. The number of nitrogens with two attached hydrogens (primary N) is 1. The normalized spacial score (nSPS) is 10.4. The van der Waals surface area contributed by atoms with Gasteiger partial charge in [-0.2, -0.15) is 0 Å². The molecule has 0 spiro atoms. The van der Waals surface area contributed by atoms with Crippen molar-refractivity contribution < 1.29 is 9.18 Å². The lowest BCUT2D eigenvalue weighted by atomic mass is 10.0. The number of anilines is 1. The molecule has 0 bridgehead atoms. The molecule has 2 aromatic rings. The Kier molecular flexibility index (Phi) is 2.48. The van der Waals surface area contributed by atoms with Crippen LogP contribution in [-0.4, -0.2) is 10.8 Å². The van der Waals surface area contributed by atoms with Crippen molar-refractivity contribution in [2.45, 2.75) is 6.92 Å². The Labute approximate surface area is 92.1 Å². The first-order chi connectivity index (χ1) is 7.61. The Morgan fingerprint density at radius 1 is 1.38 bits per heavy atom. The molecule has 82 valence electrons. The second-order valence-corrected chi connectivity index (χ2v) is 3.55. The van der Waals surface area contributed by atoms with Gasteiger partial charge in [-0.05, 0) is 19.1 Å². The number of benzene rings is 1. The van der Waals surface area contributed by atoms with Crippen LogP contribution in [0.4, 0.5) is 10.1 Å². The van der Waals surface area contributed by atoms with Crippen molar-refractivity contribution in [2.24, 2.45) is 0 Å². The maximum absolute atomic E-state index is 13.4. The van der Waals surface area contributed by atoms with E-state index in [2.05, 4.69) is 4.98 Å². The van der Waals surface area contributed by atoms with Gasteiger partial charge < -0.3 is 10.7 Å². The largest absolute Gasteiger partial charge is 0.397 e. The summed E-state index contributed by atoms with van der Waals surface area (Å²) in [6.45, 7) is 1.73. The molecule has 2 rings (SSSR count). The third-order valence-electron chi connectivity index (χ3n) is 2.45. The van der Waals surface area contributed by atoms with Crippen molar-refractivity contribution in [2.75, 3.05) is 5.73 Å². The van der Waals surface area contributed by atoms with E-state index in [4.69, 9.17) is 5.73 Å². The first kappa shape index (κ1) is 10.4. The molecule has 0 amide bonds. The summed E-state index contributed by atoms with van der Waals surface area (Å²) in [5, 5.41) is 0. The van der Waals surface area contributed by atoms with E-state index in [0.717, 1.165) is 0 Å². The standard InChI is InChI=1S/C12H11FN2O/c1-7-11(10(14)6-15-7)12(16)8-4-2-3-5-9(8)13/h2-6,15H,14H2,1H3. The van der Waals surface area contributed by atoms with Crippen LogP contribution in [-0.2, 0) is 0 Å². The molecule has 3 nitrogen and oxygen atoms in total. The molecule has 1 aromatic heterocycles. The first-order valence-corrected chi connectivity index (χ1v) is 4.84. The number of aromatic amines is 1. The van der Waals surface area contributed by atoms with Crippen LogP contribution in [0.1, 0.15) is 21.6 Å². The van der Waals surface area contributed by atoms with Gasteiger partial charge in [-0.3, -0.25) is 4.79 Å². The zero-order valence-corrected chi connectivity index (χ0v) is 8.75. The van der Waals surface area contributed by atoms with Crippen LogP contribution in [0.25, 0.3) is 0 Å². The van der Waals surface area contributed by atoms with Gasteiger partial charge >= 0.3 is 0 Å². The Bertz CT molecular complexity index is 526. The number of halogens is 1. The van der Waals surface area contributed by atoms with Gasteiger partial charge in [-0.15, -0.1) is 0 Å². The number of rotatable bonds is 2. The molecule has 4 heteroatoms. The fraction of sp³-hybridized carbons (Fsp3) is 0.0833. The van der Waals surface area contributed by atoms with E-state index in [9.17, 15) is 9.18 Å². The molecule has 1 aromatic carbocycles. The molecule has 1 heterocycles. The molecule has 3 N–H and O–H groups in total. The van der Waals surface area contributed by atoms with Crippen LogP contribution in [0.5, 0.6) is 0 Å². The first-order valence-electron chi connectivity index (χ1n) is 4.84. The number of H-pyrrole nitrogens is 1. The number of ketones is 1. The summed E-state index contributed by atoms with van der Waals surface area (Å²) in [7, 11) is 0. The highest BCUT2D eigenvalue weighted by atomic mass is 19.1. The van der Waals surface area contributed by atoms with E-state index in [0.29, 0.717) is 16.9 Å². The molecule has 0 saturated heterocycles. The van der Waals surface area contributed by atoms with Crippen molar-refractivity contribution in [1.82, 2.24) is 4.98 Å². The SMILES string of the molecule is Cc1[nH]cc(N)c1C(=O)c1ccccc1F. The Hall–Kier alpha value is -2.10. The van der Waals surface area contributed by atoms with Crippen LogP contribution >= 0.6 is 0 Å². The van der Waals surface area contributed by atoms with Gasteiger partial charge in [-0.25, -0.2) is 4.39 Å². The number of nitrogens with one attached hydrogen (secondary N) is 1. The van der Waals surface area contributed by atoms with Crippen LogP contribution in [0.15, 0.2) is 30.5 Å². The molecule has 0 unspecified atom stereocenters. The quantitative estimate of drug-likeness (QED) is 0.759. The fourth-order valence-electron chi connectivity index (χ4n) is 1.63. The molecule has 0 aliphatic carbocycles. The molecule has 0 saturated carbocycles. The summed E-state index contributed by atoms with van der Waals surface area (Å²) in [4.78, 5) is 14.9. The monoisotopic (exact) mass is 218 g/mol. The molecule has 16 heavy (non-hydrogen) atoms. The predicted molar refractivity (Wildman–Crippen MR) is 59.8 cm³/mol. The Morgan fingerprint density at radius 2 is 2.06 bits per heavy atom. The summed E-state index contributed by atoms with van der Waals surface area (Å²) < 4.78 is 13.4. The average Bonchev–Trinajstić information content (AvgIpc) is 2.58. The van der Waals surface area contributed by atoms with E-state index >= 15 is 0 Å². The molecule has 0 radical (unpaired) electrons. The summed E-state index contributed by atoms with van der Waals surface area (Å²) >= 11 is 0. The maximum Gasteiger partial charge on any atom is 0.199 e. The molecular weight excluding hydrogens is 207 g/mol. The minimum absolute atomic E-state index is 0.0388. The Morgan fingerprint density at radius 3 is 2.62 bits per heavy atom. The van der Waals surface area contributed by atoms with Crippen molar-refractivity contribution in [3.8, 4) is 0 Å². The van der Waals surface area contributed by atoms with Crippen molar-refractivity contribution in [3.63, 3.8) is 0 Å². The number of aryl methyl sites for hydroxylation is 1. The van der Waals surface area contributed by atoms with E-state index in [1.54, 1.807) is 19.1 Å².